The highest BCUT2D eigenvalue weighted by atomic mass is 16.5. The van der Waals surface area contributed by atoms with Crippen LogP contribution in [-0.4, -0.2) is 44.0 Å². The monoisotopic (exact) mass is 353 g/mol. The van der Waals surface area contributed by atoms with E-state index in [9.17, 15) is 9.59 Å². The Hall–Kier alpha value is -3.02. The lowest BCUT2D eigenvalue weighted by Crippen LogP contribution is -2.50. The van der Waals surface area contributed by atoms with Crippen molar-refractivity contribution in [2.45, 2.75) is 13.1 Å². The van der Waals surface area contributed by atoms with Crippen molar-refractivity contribution in [1.82, 2.24) is 10.2 Å². The van der Waals surface area contributed by atoms with Gasteiger partial charge in [-0.25, -0.2) is 0 Å². The summed E-state index contributed by atoms with van der Waals surface area (Å²) in [6.45, 7) is 2.68. The predicted molar refractivity (Wildman–Crippen MR) is 100 cm³/mol. The summed E-state index contributed by atoms with van der Waals surface area (Å²) in [5.74, 6) is 0.602. The van der Waals surface area contributed by atoms with Gasteiger partial charge in [-0.1, -0.05) is 24.3 Å². The largest absolute Gasteiger partial charge is 0.494 e. The first kappa shape index (κ1) is 17.8. The first-order valence-corrected chi connectivity index (χ1v) is 8.63. The Labute approximate surface area is 153 Å². The third-order valence-electron chi connectivity index (χ3n) is 4.51. The van der Waals surface area contributed by atoms with Crippen molar-refractivity contribution in [2.75, 3.05) is 32.1 Å². The van der Waals surface area contributed by atoms with Gasteiger partial charge in [0.15, 0.2) is 0 Å². The number of hydrogen-bond donors (Lipinski definition) is 1. The van der Waals surface area contributed by atoms with Gasteiger partial charge in [-0.2, -0.15) is 0 Å². The zero-order chi connectivity index (χ0) is 18.7. The van der Waals surface area contributed by atoms with Crippen LogP contribution in [0.2, 0.25) is 0 Å². The first-order chi connectivity index (χ1) is 12.6. The number of carbonyl (C=O) groups excluding carboxylic acids is 2. The minimum Gasteiger partial charge on any atom is -0.494 e. The number of amides is 2. The molecule has 1 unspecified atom stereocenters. The van der Waals surface area contributed by atoms with Gasteiger partial charge in [0.2, 0.25) is 5.91 Å². The van der Waals surface area contributed by atoms with Gasteiger partial charge < -0.3 is 19.9 Å². The van der Waals surface area contributed by atoms with Crippen molar-refractivity contribution in [3.8, 4) is 5.75 Å². The molecule has 6 heteroatoms. The molecule has 2 aromatic carbocycles. The van der Waals surface area contributed by atoms with Crippen molar-refractivity contribution in [3.05, 3.63) is 59.7 Å². The van der Waals surface area contributed by atoms with Crippen LogP contribution < -0.4 is 15.0 Å². The standard InChI is InChI=1S/C20H23N3O3/c1-4-26-15-11-9-14(10-12-15)19-22(3)20(25)16-7-5-6-8-17(16)23(19)13-18(24)21-2/h5-12,19H,4,13H2,1-3H3,(H,21,24). The van der Waals surface area contributed by atoms with Crippen LogP contribution in [0.5, 0.6) is 5.75 Å². The molecule has 6 nitrogen and oxygen atoms in total. The SMILES string of the molecule is CCOc1ccc(C2N(C)C(=O)c3ccccc3N2CC(=O)NC)cc1. The zero-order valence-corrected chi connectivity index (χ0v) is 15.2. The van der Waals surface area contributed by atoms with Gasteiger partial charge in [-0.05, 0) is 36.8 Å². The van der Waals surface area contributed by atoms with Crippen molar-refractivity contribution in [3.63, 3.8) is 0 Å². The highest BCUT2D eigenvalue weighted by Crippen LogP contribution is 2.38. The molecule has 3 rings (SSSR count). The Kier molecular flexibility index (Phi) is 5.11. The summed E-state index contributed by atoms with van der Waals surface area (Å²) in [6, 6.07) is 15.0. The number of nitrogens with one attached hydrogen (secondary N) is 1. The fourth-order valence-corrected chi connectivity index (χ4v) is 3.26. The fourth-order valence-electron chi connectivity index (χ4n) is 3.26. The number of hydrogen-bond acceptors (Lipinski definition) is 4. The predicted octanol–water partition coefficient (Wildman–Crippen LogP) is 2.42. The topological polar surface area (TPSA) is 61.9 Å². The molecule has 0 saturated heterocycles. The molecule has 1 aliphatic rings. The first-order valence-electron chi connectivity index (χ1n) is 8.63. The highest BCUT2D eigenvalue weighted by molar-refractivity contribution is 6.02. The minimum atomic E-state index is -0.370. The number of ether oxygens (including phenoxy) is 1. The van der Waals surface area contributed by atoms with Crippen LogP contribution >= 0.6 is 0 Å². The molecule has 1 aliphatic heterocycles. The van der Waals surface area contributed by atoms with E-state index in [4.69, 9.17) is 4.74 Å². The molecule has 2 aromatic rings. The Morgan fingerprint density at radius 3 is 2.50 bits per heavy atom. The second-order valence-electron chi connectivity index (χ2n) is 6.11. The van der Waals surface area contributed by atoms with E-state index in [0.29, 0.717) is 12.2 Å². The molecule has 1 N–H and O–H groups in total. The van der Waals surface area contributed by atoms with E-state index in [1.807, 2.05) is 54.3 Å². The van der Waals surface area contributed by atoms with Gasteiger partial charge in [0.1, 0.15) is 11.9 Å². The van der Waals surface area contributed by atoms with Crippen molar-refractivity contribution in [2.24, 2.45) is 0 Å². The summed E-state index contributed by atoms with van der Waals surface area (Å²) < 4.78 is 5.50. The van der Waals surface area contributed by atoms with Crippen LogP contribution in [0.25, 0.3) is 0 Å². The lowest BCUT2D eigenvalue weighted by Gasteiger charge is -2.44. The van der Waals surface area contributed by atoms with Gasteiger partial charge in [0.25, 0.3) is 5.91 Å². The third-order valence-corrected chi connectivity index (χ3v) is 4.51. The molecular formula is C20H23N3O3. The molecule has 0 spiro atoms. The number of para-hydroxylation sites is 1. The number of benzene rings is 2. The smallest absolute Gasteiger partial charge is 0.257 e. The van der Waals surface area contributed by atoms with Crippen LogP contribution in [-0.2, 0) is 4.79 Å². The lowest BCUT2D eigenvalue weighted by molar-refractivity contribution is -0.119. The van der Waals surface area contributed by atoms with Gasteiger partial charge in [-0.3, -0.25) is 9.59 Å². The van der Waals surface area contributed by atoms with Crippen LogP contribution in [0.4, 0.5) is 5.69 Å². The number of rotatable bonds is 5. The normalized spacial score (nSPS) is 16.3. The Bertz CT molecular complexity index is 804. The van der Waals surface area contributed by atoms with E-state index in [-0.39, 0.29) is 24.5 Å². The maximum absolute atomic E-state index is 12.8. The molecule has 1 atom stereocenters. The molecule has 0 radical (unpaired) electrons. The van der Waals surface area contributed by atoms with Crippen molar-refractivity contribution >= 4 is 17.5 Å². The Morgan fingerprint density at radius 1 is 1.15 bits per heavy atom. The zero-order valence-electron chi connectivity index (χ0n) is 15.2. The molecule has 0 aromatic heterocycles. The van der Waals surface area contributed by atoms with Gasteiger partial charge in [0, 0.05) is 14.1 Å². The summed E-state index contributed by atoms with van der Waals surface area (Å²) in [6.07, 6.45) is -0.370. The molecular weight excluding hydrogens is 330 g/mol. The molecule has 136 valence electrons. The van der Waals surface area contributed by atoms with Crippen LogP contribution in [0.15, 0.2) is 48.5 Å². The maximum Gasteiger partial charge on any atom is 0.257 e. The number of anilines is 1. The molecule has 0 aliphatic carbocycles. The lowest BCUT2D eigenvalue weighted by atomic mass is 10.0. The van der Waals surface area contributed by atoms with Crippen molar-refractivity contribution < 1.29 is 14.3 Å². The number of nitrogens with zero attached hydrogens (tertiary/aromatic N) is 2. The van der Waals surface area contributed by atoms with Gasteiger partial charge in [-0.15, -0.1) is 0 Å². The minimum absolute atomic E-state index is 0.0624. The summed E-state index contributed by atoms with van der Waals surface area (Å²) in [4.78, 5) is 28.6. The molecule has 1 heterocycles. The van der Waals surface area contributed by atoms with E-state index in [1.54, 1.807) is 25.1 Å². The average molecular weight is 353 g/mol. The molecule has 0 saturated carbocycles. The maximum atomic E-state index is 12.8. The van der Waals surface area contributed by atoms with Gasteiger partial charge in [0.05, 0.1) is 24.4 Å². The van der Waals surface area contributed by atoms with E-state index >= 15 is 0 Å². The third kappa shape index (κ3) is 3.22. The Morgan fingerprint density at radius 2 is 1.85 bits per heavy atom. The number of carbonyl (C=O) groups is 2. The highest BCUT2D eigenvalue weighted by Gasteiger charge is 2.37. The average Bonchev–Trinajstić information content (AvgIpc) is 2.67. The number of likely N-dealkylation sites (N-methyl/N-ethyl adjacent to an activating group) is 1. The quantitative estimate of drug-likeness (QED) is 0.897. The second-order valence-corrected chi connectivity index (χ2v) is 6.11. The Balaban J connectivity index is 2.05. The molecule has 26 heavy (non-hydrogen) atoms. The summed E-state index contributed by atoms with van der Waals surface area (Å²) in [7, 11) is 3.37. The van der Waals surface area contributed by atoms with Crippen molar-refractivity contribution in [1.29, 1.82) is 0 Å². The molecule has 0 bridgehead atoms. The second kappa shape index (κ2) is 7.47. The van der Waals surface area contributed by atoms with Crippen LogP contribution in [0.1, 0.15) is 29.0 Å². The van der Waals surface area contributed by atoms with E-state index in [2.05, 4.69) is 5.32 Å². The summed E-state index contributed by atoms with van der Waals surface area (Å²) >= 11 is 0. The fraction of sp³-hybridized carbons (Fsp3) is 0.300. The van der Waals surface area contributed by atoms with Crippen LogP contribution in [0.3, 0.4) is 0 Å². The van der Waals surface area contributed by atoms with E-state index < -0.39 is 0 Å². The van der Waals surface area contributed by atoms with E-state index in [0.717, 1.165) is 17.0 Å². The van der Waals surface area contributed by atoms with Gasteiger partial charge >= 0.3 is 0 Å². The van der Waals surface area contributed by atoms with E-state index in [1.165, 1.54) is 0 Å². The molecule has 0 fully saturated rings. The molecule has 2 amide bonds. The summed E-state index contributed by atoms with van der Waals surface area (Å²) in [5.41, 5.74) is 2.28. The van der Waals surface area contributed by atoms with Crippen LogP contribution in [0, 0.1) is 0 Å². The number of fused-ring (bicyclic) bond motifs is 1. The summed E-state index contributed by atoms with van der Waals surface area (Å²) in [5, 5.41) is 2.66.